The maximum atomic E-state index is 11.5. The summed E-state index contributed by atoms with van der Waals surface area (Å²) in [5.74, 6) is 0.0588. The molecule has 2 aromatic carbocycles. The summed E-state index contributed by atoms with van der Waals surface area (Å²) in [7, 11) is 0. The monoisotopic (exact) mass is 438 g/mol. The van der Waals surface area contributed by atoms with E-state index in [2.05, 4.69) is 21.9 Å². The number of hydrogen-bond donors (Lipinski definition) is 0. The van der Waals surface area contributed by atoms with E-state index in [1.807, 2.05) is 30.3 Å². The lowest BCUT2D eigenvalue weighted by molar-refractivity contribution is -0.139. The van der Waals surface area contributed by atoms with E-state index in [0.29, 0.717) is 11.6 Å². The minimum absolute atomic E-state index is 0.217. The molecule has 0 aromatic heterocycles. The molecule has 4 nitrogen and oxygen atoms in total. The van der Waals surface area contributed by atoms with Gasteiger partial charge < -0.3 is 9.64 Å². The predicted molar refractivity (Wildman–Crippen MR) is 118 cm³/mol. The van der Waals surface area contributed by atoms with Crippen LogP contribution in [0.5, 0.6) is 0 Å². The Morgan fingerprint density at radius 1 is 1.11 bits per heavy atom. The van der Waals surface area contributed by atoms with Gasteiger partial charge in [0.1, 0.15) is 0 Å². The molecule has 0 spiro atoms. The number of piperazine rings is 1. The van der Waals surface area contributed by atoms with Crippen molar-refractivity contribution >= 4 is 46.6 Å². The molecule has 0 aliphatic carbocycles. The highest BCUT2D eigenvalue weighted by atomic mass is 35.5. The van der Waals surface area contributed by atoms with Gasteiger partial charge in [-0.25, -0.2) is 0 Å². The second kappa shape index (κ2) is 10.4. The average Bonchev–Trinajstić information content (AvgIpc) is 2.68. The van der Waals surface area contributed by atoms with Crippen LogP contribution in [0.25, 0.3) is 0 Å². The smallest absolute Gasteiger partial charge is 0.316 e. The van der Waals surface area contributed by atoms with E-state index in [4.69, 9.17) is 27.9 Å². The number of anilines is 1. The number of carbonyl (C=O) groups is 1. The molecular weight excluding hydrogens is 415 g/mol. The Morgan fingerprint density at radius 2 is 1.89 bits per heavy atom. The normalized spacial score (nSPS) is 14.9. The molecule has 0 bridgehead atoms. The van der Waals surface area contributed by atoms with Crippen LogP contribution < -0.4 is 4.90 Å². The standard InChI is InChI=1S/C21H24Cl2N2O2S/c1-2-27-21(26)15-28-20-7-6-16(12-19(20)23)14-24-8-10-25(11-9-24)18-5-3-4-17(22)13-18/h3-7,12-13H,2,8-11,14-15H2,1H3. The molecule has 0 unspecified atom stereocenters. The molecule has 1 aliphatic heterocycles. The van der Waals surface area contributed by atoms with Gasteiger partial charge in [0, 0.05) is 48.3 Å². The quantitative estimate of drug-likeness (QED) is 0.449. The SMILES string of the molecule is CCOC(=O)CSc1ccc(CN2CCN(c3cccc(Cl)c3)CC2)cc1Cl. The van der Waals surface area contributed by atoms with Crippen LogP contribution in [0.1, 0.15) is 12.5 Å². The Morgan fingerprint density at radius 3 is 2.57 bits per heavy atom. The molecule has 1 saturated heterocycles. The molecular formula is C21H24Cl2N2O2S. The van der Waals surface area contributed by atoms with Gasteiger partial charge in [-0.2, -0.15) is 0 Å². The highest BCUT2D eigenvalue weighted by molar-refractivity contribution is 8.00. The minimum Gasteiger partial charge on any atom is -0.465 e. The van der Waals surface area contributed by atoms with Gasteiger partial charge >= 0.3 is 5.97 Å². The van der Waals surface area contributed by atoms with Crippen molar-refractivity contribution < 1.29 is 9.53 Å². The number of nitrogens with zero attached hydrogens (tertiary/aromatic N) is 2. The van der Waals surface area contributed by atoms with Crippen molar-refractivity contribution in [1.29, 1.82) is 0 Å². The zero-order valence-electron chi connectivity index (χ0n) is 15.9. The van der Waals surface area contributed by atoms with Crippen molar-refractivity contribution in [2.45, 2.75) is 18.4 Å². The van der Waals surface area contributed by atoms with Gasteiger partial charge in [-0.1, -0.05) is 35.3 Å². The van der Waals surface area contributed by atoms with Crippen LogP contribution >= 0.6 is 35.0 Å². The van der Waals surface area contributed by atoms with Crippen molar-refractivity contribution in [3.05, 3.63) is 58.1 Å². The molecule has 0 atom stereocenters. The minimum atomic E-state index is -0.217. The Bertz CT molecular complexity index is 811. The Kier molecular flexibility index (Phi) is 7.91. The van der Waals surface area contributed by atoms with Crippen molar-refractivity contribution in [3.8, 4) is 0 Å². The summed E-state index contributed by atoms with van der Waals surface area (Å²) in [5.41, 5.74) is 2.36. The molecule has 1 fully saturated rings. The van der Waals surface area contributed by atoms with Gasteiger partial charge in [0.2, 0.25) is 0 Å². The molecule has 1 aliphatic rings. The number of hydrogen-bond acceptors (Lipinski definition) is 5. The largest absolute Gasteiger partial charge is 0.465 e. The van der Waals surface area contributed by atoms with E-state index < -0.39 is 0 Å². The molecule has 1 heterocycles. The van der Waals surface area contributed by atoms with Crippen LogP contribution in [0.4, 0.5) is 5.69 Å². The first-order valence-corrected chi connectivity index (χ1v) is 11.1. The Balaban J connectivity index is 1.51. The van der Waals surface area contributed by atoms with Gasteiger partial charge in [0.05, 0.1) is 17.4 Å². The molecule has 2 aromatic rings. The number of carbonyl (C=O) groups excluding carboxylic acids is 1. The number of rotatable bonds is 7. The summed E-state index contributed by atoms with van der Waals surface area (Å²) in [4.78, 5) is 17.2. The first kappa shape index (κ1) is 21.3. The number of ether oxygens (including phenoxy) is 1. The summed E-state index contributed by atoms with van der Waals surface area (Å²) >= 11 is 13.9. The second-order valence-corrected chi connectivity index (χ2v) is 8.46. The van der Waals surface area contributed by atoms with E-state index >= 15 is 0 Å². The lowest BCUT2D eigenvalue weighted by Crippen LogP contribution is -2.45. The third kappa shape index (κ3) is 6.05. The number of thioether (sulfide) groups is 1. The van der Waals surface area contributed by atoms with E-state index in [0.717, 1.165) is 42.6 Å². The topological polar surface area (TPSA) is 32.8 Å². The number of benzene rings is 2. The molecule has 28 heavy (non-hydrogen) atoms. The van der Waals surface area contributed by atoms with Crippen LogP contribution in [0, 0.1) is 0 Å². The van der Waals surface area contributed by atoms with Gasteiger partial charge in [-0.3, -0.25) is 9.69 Å². The van der Waals surface area contributed by atoms with E-state index in [1.165, 1.54) is 23.0 Å². The highest BCUT2D eigenvalue weighted by Crippen LogP contribution is 2.29. The van der Waals surface area contributed by atoms with Crippen LogP contribution in [0.3, 0.4) is 0 Å². The van der Waals surface area contributed by atoms with Crippen LogP contribution in [-0.4, -0.2) is 49.4 Å². The summed E-state index contributed by atoms with van der Waals surface area (Å²) in [6.07, 6.45) is 0. The number of halogens is 2. The average molecular weight is 439 g/mol. The van der Waals surface area contributed by atoms with Crippen molar-refractivity contribution in [2.75, 3.05) is 43.4 Å². The van der Waals surface area contributed by atoms with Crippen LogP contribution in [0.2, 0.25) is 10.0 Å². The molecule has 7 heteroatoms. The zero-order valence-corrected chi connectivity index (χ0v) is 18.2. The second-order valence-electron chi connectivity index (χ2n) is 6.60. The number of esters is 1. The van der Waals surface area contributed by atoms with Gasteiger partial charge in [0.25, 0.3) is 0 Å². The molecule has 0 saturated carbocycles. The maximum absolute atomic E-state index is 11.5. The summed E-state index contributed by atoms with van der Waals surface area (Å²) < 4.78 is 4.95. The van der Waals surface area contributed by atoms with Gasteiger partial charge in [-0.05, 0) is 42.8 Å². The van der Waals surface area contributed by atoms with Crippen molar-refractivity contribution in [2.24, 2.45) is 0 Å². The summed E-state index contributed by atoms with van der Waals surface area (Å²) in [6, 6.07) is 14.1. The molecule has 3 rings (SSSR count). The van der Waals surface area contributed by atoms with E-state index in [9.17, 15) is 4.79 Å². The fraction of sp³-hybridized carbons (Fsp3) is 0.381. The molecule has 150 valence electrons. The fourth-order valence-corrected chi connectivity index (χ4v) is 4.46. The first-order chi connectivity index (χ1) is 13.5. The molecule has 0 radical (unpaired) electrons. The van der Waals surface area contributed by atoms with Gasteiger partial charge in [0.15, 0.2) is 0 Å². The van der Waals surface area contributed by atoms with E-state index in [1.54, 1.807) is 6.92 Å². The van der Waals surface area contributed by atoms with Crippen molar-refractivity contribution in [1.82, 2.24) is 4.90 Å². The highest BCUT2D eigenvalue weighted by Gasteiger charge is 2.18. The third-order valence-corrected chi connectivity index (χ3v) is 6.31. The summed E-state index contributed by atoms with van der Waals surface area (Å²) in [6.45, 7) is 7.00. The molecule has 0 amide bonds. The van der Waals surface area contributed by atoms with Crippen LogP contribution in [-0.2, 0) is 16.1 Å². The third-order valence-electron chi connectivity index (χ3n) is 4.60. The Labute approximate surface area is 180 Å². The zero-order chi connectivity index (χ0) is 19.9. The summed E-state index contributed by atoms with van der Waals surface area (Å²) in [5, 5.41) is 1.46. The lowest BCUT2D eigenvalue weighted by Gasteiger charge is -2.36. The van der Waals surface area contributed by atoms with Crippen LogP contribution in [0.15, 0.2) is 47.4 Å². The fourth-order valence-electron chi connectivity index (χ4n) is 3.19. The van der Waals surface area contributed by atoms with Crippen molar-refractivity contribution in [3.63, 3.8) is 0 Å². The molecule has 0 N–H and O–H groups in total. The maximum Gasteiger partial charge on any atom is 0.316 e. The lowest BCUT2D eigenvalue weighted by atomic mass is 10.2. The van der Waals surface area contributed by atoms with E-state index in [-0.39, 0.29) is 11.7 Å². The Hall–Kier alpha value is -1.40. The predicted octanol–water partition coefficient (Wildman–Crippen LogP) is 4.97. The van der Waals surface area contributed by atoms with Gasteiger partial charge in [-0.15, -0.1) is 11.8 Å². The first-order valence-electron chi connectivity index (χ1n) is 9.35.